The summed E-state index contributed by atoms with van der Waals surface area (Å²) < 4.78 is 11.7. The second kappa shape index (κ2) is 8.83. The number of thiocarbonyl (C=S) groups is 1. The van der Waals surface area contributed by atoms with Gasteiger partial charge < -0.3 is 14.5 Å². The van der Waals surface area contributed by atoms with Gasteiger partial charge in [-0.1, -0.05) is 6.07 Å². The number of anilines is 1. The predicted molar refractivity (Wildman–Crippen MR) is 126 cm³/mol. The van der Waals surface area contributed by atoms with Crippen molar-refractivity contribution in [1.82, 2.24) is 15.3 Å². The topological polar surface area (TPSA) is 89.3 Å². The van der Waals surface area contributed by atoms with E-state index in [0.29, 0.717) is 32.9 Å². The molecule has 0 radical (unpaired) electrons. The van der Waals surface area contributed by atoms with E-state index in [0.717, 1.165) is 16.8 Å². The minimum Gasteiger partial charge on any atom is -0.496 e. The van der Waals surface area contributed by atoms with Gasteiger partial charge in [0.1, 0.15) is 5.75 Å². The molecule has 4 rings (SSSR count). The third kappa shape index (κ3) is 4.42. The van der Waals surface area contributed by atoms with Crippen LogP contribution >= 0.6 is 28.1 Å². The number of fused-ring (bicyclic) bond motifs is 1. The van der Waals surface area contributed by atoms with Crippen LogP contribution in [0.5, 0.6) is 5.75 Å². The molecule has 0 aliphatic carbocycles. The van der Waals surface area contributed by atoms with Crippen molar-refractivity contribution < 1.29 is 13.9 Å². The molecule has 7 nitrogen and oxygen atoms in total. The fourth-order valence-corrected chi connectivity index (χ4v) is 3.77. The zero-order valence-electron chi connectivity index (χ0n) is 16.6. The normalized spacial score (nSPS) is 10.7. The van der Waals surface area contributed by atoms with E-state index in [9.17, 15) is 4.79 Å². The van der Waals surface area contributed by atoms with Gasteiger partial charge in [-0.25, -0.2) is 4.98 Å². The molecule has 2 aromatic carbocycles. The SMILES string of the molecule is COc1ccc(C(=O)NC(=S)Nc2cccc(-c3nc4ncccc4o3)c2C)cc1Br. The van der Waals surface area contributed by atoms with Gasteiger partial charge in [-0.15, -0.1) is 0 Å². The first kappa shape index (κ1) is 21.0. The van der Waals surface area contributed by atoms with Crippen molar-refractivity contribution in [1.29, 1.82) is 0 Å². The molecular formula is C22H17BrN4O3S. The molecule has 0 unspecified atom stereocenters. The predicted octanol–water partition coefficient (Wildman–Crippen LogP) is 5.10. The van der Waals surface area contributed by atoms with Gasteiger partial charge in [0.15, 0.2) is 16.3 Å². The van der Waals surface area contributed by atoms with Crippen LogP contribution in [-0.2, 0) is 0 Å². The summed E-state index contributed by atoms with van der Waals surface area (Å²) in [6.07, 6.45) is 1.67. The molecule has 1 amide bonds. The number of rotatable bonds is 4. The molecule has 2 N–H and O–H groups in total. The van der Waals surface area contributed by atoms with Gasteiger partial charge >= 0.3 is 0 Å². The van der Waals surface area contributed by atoms with Gasteiger partial charge in [-0.2, -0.15) is 4.98 Å². The van der Waals surface area contributed by atoms with E-state index < -0.39 is 0 Å². The number of methoxy groups -OCH3 is 1. The molecule has 9 heteroatoms. The molecule has 4 aromatic rings. The molecule has 0 atom stereocenters. The second-order valence-corrected chi connectivity index (χ2v) is 7.84. The highest BCUT2D eigenvalue weighted by molar-refractivity contribution is 9.10. The number of hydrogen-bond acceptors (Lipinski definition) is 6. The lowest BCUT2D eigenvalue weighted by molar-refractivity contribution is 0.0977. The number of aromatic nitrogens is 2. The van der Waals surface area contributed by atoms with E-state index in [-0.39, 0.29) is 11.0 Å². The maximum Gasteiger partial charge on any atom is 0.257 e. The van der Waals surface area contributed by atoms with Crippen molar-refractivity contribution in [2.45, 2.75) is 6.92 Å². The Morgan fingerprint density at radius 2 is 2.03 bits per heavy atom. The summed E-state index contributed by atoms with van der Waals surface area (Å²) >= 11 is 8.71. The average Bonchev–Trinajstić information content (AvgIpc) is 3.19. The standard InChI is InChI=1S/C22H17BrN4O3S/c1-12-14(21-26-19-18(30-21)7-4-10-24-19)5-3-6-16(12)25-22(31)27-20(28)13-8-9-17(29-2)15(23)11-13/h3-11H,1-2H3,(H2,25,27,28,31). The number of ether oxygens (including phenoxy) is 1. The van der Waals surface area contributed by atoms with E-state index in [1.165, 1.54) is 0 Å². The summed E-state index contributed by atoms with van der Waals surface area (Å²) in [5, 5.41) is 5.94. The molecule has 2 heterocycles. The van der Waals surface area contributed by atoms with E-state index in [2.05, 4.69) is 36.5 Å². The second-order valence-electron chi connectivity index (χ2n) is 6.58. The van der Waals surface area contributed by atoms with Crippen LogP contribution in [0.25, 0.3) is 22.7 Å². The van der Waals surface area contributed by atoms with Crippen molar-refractivity contribution in [2.75, 3.05) is 12.4 Å². The third-order valence-corrected chi connectivity index (χ3v) is 5.44. The van der Waals surface area contributed by atoms with Crippen molar-refractivity contribution >= 4 is 56.1 Å². The summed E-state index contributed by atoms with van der Waals surface area (Å²) in [5.74, 6) is 0.770. The number of halogens is 1. The van der Waals surface area contributed by atoms with Gasteiger partial charge in [-0.3, -0.25) is 10.1 Å². The Balaban J connectivity index is 1.51. The minimum atomic E-state index is -0.334. The molecule has 0 bridgehead atoms. The Hall–Kier alpha value is -3.30. The van der Waals surface area contributed by atoms with Crippen molar-refractivity contribution in [3.05, 3.63) is 70.3 Å². The van der Waals surface area contributed by atoms with Crippen molar-refractivity contribution in [3.8, 4) is 17.2 Å². The number of carbonyl (C=O) groups excluding carboxylic acids is 1. The van der Waals surface area contributed by atoms with E-state index in [1.54, 1.807) is 37.6 Å². The molecule has 0 fully saturated rings. The van der Waals surface area contributed by atoms with E-state index >= 15 is 0 Å². The molecule has 0 saturated heterocycles. The largest absolute Gasteiger partial charge is 0.496 e. The summed E-state index contributed by atoms with van der Waals surface area (Å²) in [4.78, 5) is 21.2. The number of amides is 1. The number of nitrogens with zero attached hydrogens (tertiary/aromatic N) is 2. The Kier molecular flexibility index (Phi) is 5.97. The summed E-state index contributed by atoms with van der Waals surface area (Å²) in [7, 11) is 1.56. The Morgan fingerprint density at radius 3 is 2.77 bits per heavy atom. The number of oxazole rings is 1. The highest BCUT2D eigenvalue weighted by Crippen LogP contribution is 2.30. The number of hydrogen-bond donors (Lipinski definition) is 2. The minimum absolute atomic E-state index is 0.177. The molecular weight excluding hydrogens is 480 g/mol. The van der Waals surface area contributed by atoms with Gasteiger partial charge in [0.2, 0.25) is 5.89 Å². The first-order valence-electron chi connectivity index (χ1n) is 9.23. The molecule has 0 spiro atoms. The van der Waals surface area contributed by atoms with Crippen LogP contribution in [0.1, 0.15) is 15.9 Å². The first-order chi connectivity index (χ1) is 15.0. The summed E-state index contributed by atoms with van der Waals surface area (Å²) in [6.45, 7) is 1.92. The molecule has 31 heavy (non-hydrogen) atoms. The summed E-state index contributed by atoms with van der Waals surface area (Å²) in [6, 6.07) is 14.3. The lowest BCUT2D eigenvalue weighted by Gasteiger charge is -2.14. The van der Waals surface area contributed by atoms with Crippen LogP contribution in [0.3, 0.4) is 0 Å². The molecule has 0 aliphatic heterocycles. The van der Waals surface area contributed by atoms with Crippen molar-refractivity contribution in [3.63, 3.8) is 0 Å². The first-order valence-corrected chi connectivity index (χ1v) is 10.4. The van der Waals surface area contributed by atoms with Gasteiger partial charge in [0, 0.05) is 23.0 Å². The van der Waals surface area contributed by atoms with Gasteiger partial charge in [0.05, 0.1) is 11.6 Å². The van der Waals surface area contributed by atoms with Gasteiger partial charge in [0.25, 0.3) is 5.91 Å². The fourth-order valence-electron chi connectivity index (χ4n) is 3.02. The van der Waals surface area contributed by atoms with Crippen LogP contribution < -0.4 is 15.4 Å². The van der Waals surface area contributed by atoms with Crippen LogP contribution in [0.4, 0.5) is 5.69 Å². The molecule has 156 valence electrons. The monoisotopic (exact) mass is 496 g/mol. The number of nitrogens with one attached hydrogen (secondary N) is 2. The number of benzene rings is 2. The molecule has 0 aliphatic rings. The van der Waals surface area contributed by atoms with Crippen LogP contribution in [0.15, 0.2) is 63.6 Å². The quantitative estimate of drug-likeness (QED) is 0.380. The highest BCUT2D eigenvalue weighted by atomic mass is 79.9. The Bertz CT molecular complexity index is 1270. The Morgan fingerprint density at radius 1 is 1.19 bits per heavy atom. The number of pyridine rings is 1. The van der Waals surface area contributed by atoms with Crippen molar-refractivity contribution in [2.24, 2.45) is 0 Å². The maximum atomic E-state index is 12.5. The molecule has 0 saturated carbocycles. The summed E-state index contributed by atoms with van der Waals surface area (Å²) in [5.41, 5.74) is 4.01. The smallest absolute Gasteiger partial charge is 0.257 e. The molecule has 2 aromatic heterocycles. The van der Waals surface area contributed by atoms with Gasteiger partial charge in [-0.05, 0) is 83.1 Å². The third-order valence-electron chi connectivity index (χ3n) is 4.62. The fraction of sp³-hybridized carbons (Fsp3) is 0.0909. The van der Waals surface area contributed by atoms with E-state index in [1.807, 2.05) is 31.2 Å². The zero-order valence-corrected chi connectivity index (χ0v) is 19.0. The lowest BCUT2D eigenvalue weighted by atomic mass is 10.1. The van der Waals surface area contributed by atoms with Crippen LogP contribution in [0, 0.1) is 6.92 Å². The maximum absolute atomic E-state index is 12.5. The average molecular weight is 497 g/mol. The van der Waals surface area contributed by atoms with Crippen LogP contribution in [0.2, 0.25) is 0 Å². The zero-order chi connectivity index (χ0) is 22.0. The Labute approximate surface area is 192 Å². The number of carbonyl (C=O) groups is 1. The highest BCUT2D eigenvalue weighted by Gasteiger charge is 2.15. The lowest BCUT2D eigenvalue weighted by Crippen LogP contribution is -2.34. The van der Waals surface area contributed by atoms with E-state index in [4.69, 9.17) is 21.4 Å². The van der Waals surface area contributed by atoms with Crippen LogP contribution in [-0.4, -0.2) is 28.1 Å².